The van der Waals surface area contributed by atoms with Crippen molar-refractivity contribution in [3.05, 3.63) is 65.7 Å². The first kappa shape index (κ1) is 30.8. The van der Waals surface area contributed by atoms with E-state index in [0.29, 0.717) is 38.0 Å². The number of hydrogen-bond acceptors (Lipinski definition) is 7. The number of nitrogens with one attached hydrogen (secondary N) is 1. The van der Waals surface area contributed by atoms with Crippen molar-refractivity contribution in [2.45, 2.75) is 77.5 Å². The van der Waals surface area contributed by atoms with E-state index in [4.69, 9.17) is 9.47 Å². The lowest BCUT2D eigenvalue weighted by molar-refractivity contribution is -0.148. The van der Waals surface area contributed by atoms with E-state index < -0.39 is 35.9 Å². The van der Waals surface area contributed by atoms with Crippen molar-refractivity contribution in [1.29, 1.82) is 5.26 Å². The van der Waals surface area contributed by atoms with Gasteiger partial charge in [0.05, 0.1) is 31.1 Å². The largest absolute Gasteiger partial charge is 0.494 e. The number of aliphatic hydroxyl groups is 1. The molecule has 0 aromatic heterocycles. The molecule has 4 atom stereocenters. The number of benzene rings is 2. The Kier molecular flexibility index (Phi) is 12.2. The van der Waals surface area contributed by atoms with Gasteiger partial charge < -0.3 is 19.9 Å². The normalized spacial score (nSPS) is 21.5. The van der Waals surface area contributed by atoms with E-state index in [1.54, 1.807) is 0 Å². The Morgan fingerprint density at radius 3 is 2.50 bits per heavy atom. The van der Waals surface area contributed by atoms with E-state index in [0.717, 1.165) is 11.1 Å². The topological polar surface area (TPSA) is 126 Å². The van der Waals surface area contributed by atoms with Crippen molar-refractivity contribution in [3.63, 3.8) is 0 Å². The number of fused-ring (bicyclic) bond motifs is 14. The summed E-state index contributed by atoms with van der Waals surface area (Å²) in [5.41, 5.74) is 1.71. The molecular weight excluding hydrogens is 508 g/mol. The zero-order valence-electron chi connectivity index (χ0n) is 23.4. The van der Waals surface area contributed by atoms with Gasteiger partial charge in [0.2, 0.25) is 5.91 Å². The highest BCUT2D eigenvalue weighted by Gasteiger charge is 2.31. The Bertz CT molecular complexity index is 1140. The molecule has 2 aliphatic heterocycles. The molecule has 2 aromatic carbocycles. The highest BCUT2D eigenvalue weighted by molar-refractivity contribution is 5.91. The van der Waals surface area contributed by atoms with Gasteiger partial charge in [-0.2, -0.15) is 5.26 Å². The molecule has 2 bridgehead atoms. The first-order valence-corrected chi connectivity index (χ1v) is 14.1. The third kappa shape index (κ3) is 10.1. The number of nitrogens with zero attached hydrogens (tertiary/aromatic N) is 1. The molecule has 2 aromatic rings. The highest BCUT2D eigenvalue weighted by Crippen LogP contribution is 2.23. The van der Waals surface area contributed by atoms with Gasteiger partial charge in [0.1, 0.15) is 18.5 Å². The zero-order valence-corrected chi connectivity index (χ0v) is 23.4. The maximum Gasteiger partial charge on any atom is 0.306 e. The molecular formula is C32H40N2O6. The van der Waals surface area contributed by atoms with Crippen molar-refractivity contribution in [3.8, 4) is 11.8 Å². The van der Waals surface area contributed by atoms with Crippen LogP contribution in [0.15, 0.2) is 54.6 Å². The van der Waals surface area contributed by atoms with Crippen LogP contribution in [0.5, 0.6) is 5.75 Å². The number of ether oxygens (including phenoxy) is 2. The van der Waals surface area contributed by atoms with Crippen molar-refractivity contribution in [2.24, 2.45) is 17.8 Å². The van der Waals surface area contributed by atoms with Crippen LogP contribution in [-0.2, 0) is 32.1 Å². The minimum absolute atomic E-state index is 0.0190. The third-order valence-corrected chi connectivity index (χ3v) is 7.12. The molecule has 4 rings (SSSR count). The predicted molar refractivity (Wildman–Crippen MR) is 150 cm³/mol. The van der Waals surface area contributed by atoms with Gasteiger partial charge in [0.15, 0.2) is 5.78 Å². The standard InChI is InChI=1S/C32H40N2O6/c1-22(2)16-28-29(35)18-25(30(36)20-33)10-6-7-15-39-27-13-11-23(12-14-27)17-26(32(38)34-28)19-31(37)40-21-24-8-4-3-5-9-24/h3-5,8-9,11-14,22,25-26,28,30,36H,6-7,10,15-19,21H2,1-2H3,(H,34,38)/t25-,26-,28+,30?/m1/s1. The van der Waals surface area contributed by atoms with Gasteiger partial charge in [-0.1, -0.05) is 56.3 Å². The number of ketones is 1. The lowest BCUT2D eigenvalue weighted by atomic mass is 9.87. The van der Waals surface area contributed by atoms with Crippen molar-refractivity contribution < 1.29 is 29.0 Å². The number of esters is 1. The molecule has 2 heterocycles. The number of aliphatic hydroxyl groups excluding tert-OH is 1. The van der Waals surface area contributed by atoms with Crippen LogP contribution >= 0.6 is 0 Å². The van der Waals surface area contributed by atoms with E-state index in [9.17, 15) is 24.8 Å². The number of nitriles is 1. The van der Waals surface area contributed by atoms with Crippen LogP contribution in [0.1, 0.15) is 63.5 Å². The minimum Gasteiger partial charge on any atom is -0.494 e. The predicted octanol–water partition coefficient (Wildman–Crippen LogP) is 4.53. The molecule has 0 aliphatic carbocycles. The second-order valence-electron chi connectivity index (χ2n) is 10.9. The van der Waals surface area contributed by atoms with Crippen LogP contribution in [-0.4, -0.2) is 41.5 Å². The molecule has 1 amide bonds. The molecule has 8 nitrogen and oxygen atoms in total. The maximum atomic E-state index is 13.6. The smallest absolute Gasteiger partial charge is 0.306 e. The summed E-state index contributed by atoms with van der Waals surface area (Å²) >= 11 is 0. The molecule has 8 heteroatoms. The van der Waals surface area contributed by atoms with Gasteiger partial charge in [-0.3, -0.25) is 14.4 Å². The van der Waals surface area contributed by atoms with Crippen molar-refractivity contribution in [1.82, 2.24) is 5.32 Å². The Hall–Kier alpha value is -3.70. The molecule has 40 heavy (non-hydrogen) atoms. The Balaban J connectivity index is 1.83. The monoisotopic (exact) mass is 548 g/mol. The summed E-state index contributed by atoms with van der Waals surface area (Å²) in [5.74, 6) is -1.62. The third-order valence-electron chi connectivity index (χ3n) is 7.12. The van der Waals surface area contributed by atoms with Crippen LogP contribution in [0, 0.1) is 29.1 Å². The quantitative estimate of drug-likeness (QED) is 0.385. The summed E-state index contributed by atoms with van der Waals surface area (Å²) in [5, 5.41) is 22.5. The molecule has 1 unspecified atom stereocenters. The lowest BCUT2D eigenvalue weighted by Gasteiger charge is -2.25. The number of hydrogen-bond donors (Lipinski definition) is 2. The van der Waals surface area contributed by atoms with Crippen LogP contribution in [0.25, 0.3) is 0 Å². The van der Waals surface area contributed by atoms with Gasteiger partial charge in [0, 0.05) is 12.3 Å². The SMILES string of the molecule is CC(C)C[C@@H]1NC(=O)[C@@H](CC(=O)OCc2ccccc2)Cc2ccc(cc2)OCCCC[C@@H](C(O)C#N)CC1=O. The Morgan fingerprint density at radius 1 is 1.10 bits per heavy atom. The first-order valence-electron chi connectivity index (χ1n) is 14.1. The molecule has 2 N–H and O–H groups in total. The summed E-state index contributed by atoms with van der Waals surface area (Å²) < 4.78 is 11.3. The molecule has 0 saturated carbocycles. The fourth-order valence-corrected chi connectivity index (χ4v) is 4.87. The fourth-order valence-electron chi connectivity index (χ4n) is 4.87. The number of rotatable bonds is 7. The van der Waals surface area contributed by atoms with Crippen molar-refractivity contribution in [2.75, 3.05) is 6.61 Å². The summed E-state index contributed by atoms with van der Waals surface area (Å²) in [6.45, 7) is 4.50. The second-order valence-corrected chi connectivity index (χ2v) is 10.9. The summed E-state index contributed by atoms with van der Waals surface area (Å²) in [7, 11) is 0. The van der Waals surface area contributed by atoms with E-state index in [1.807, 2.05) is 74.5 Å². The Labute approximate surface area is 236 Å². The molecule has 2 aliphatic rings. The molecule has 0 radical (unpaired) electrons. The van der Waals surface area contributed by atoms with Crippen LogP contribution in [0.2, 0.25) is 0 Å². The first-order chi connectivity index (χ1) is 19.2. The average molecular weight is 549 g/mol. The number of Topliss-reactive ketones (excluding diaryl/α,β-unsaturated/α-hetero) is 1. The van der Waals surface area contributed by atoms with Crippen LogP contribution in [0.4, 0.5) is 0 Å². The maximum absolute atomic E-state index is 13.6. The van der Waals surface area contributed by atoms with Crippen LogP contribution < -0.4 is 10.1 Å². The lowest BCUT2D eigenvalue weighted by Crippen LogP contribution is -2.46. The van der Waals surface area contributed by atoms with E-state index in [2.05, 4.69) is 5.32 Å². The van der Waals surface area contributed by atoms with E-state index in [1.165, 1.54) is 0 Å². The zero-order chi connectivity index (χ0) is 28.9. The molecule has 0 fully saturated rings. The number of carbonyl (C=O) groups excluding carboxylic acids is 3. The highest BCUT2D eigenvalue weighted by atomic mass is 16.5. The fraction of sp³-hybridized carbons (Fsp3) is 0.500. The summed E-state index contributed by atoms with van der Waals surface area (Å²) in [6.07, 6.45) is 1.14. The van der Waals surface area contributed by atoms with E-state index in [-0.39, 0.29) is 37.6 Å². The average Bonchev–Trinajstić information content (AvgIpc) is 2.94. The second kappa shape index (κ2) is 15.8. The summed E-state index contributed by atoms with van der Waals surface area (Å²) in [4.78, 5) is 39.8. The van der Waals surface area contributed by atoms with Gasteiger partial charge >= 0.3 is 5.97 Å². The number of amides is 1. The molecule has 0 spiro atoms. The molecule has 0 saturated heterocycles. The van der Waals surface area contributed by atoms with Gasteiger partial charge in [-0.15, -0.1) is 0 Å². The number of carbonyl (C=O) groups is 3. The van der Waals surface area contributed by atoms with Gasteiger partial charge in [-0.25, -0.2) is 0 Å². The van der Waals surface area contributed by atoms with Gasteiger partial charge in [-0.05, 0) is 61.3 Å². The van der Waals surface area contributed by atoms with Gasteiger partial charge in [0.25, 0.3) is 0 Å². The van der Waals surface area contributed by atoms with Crippen LogP contribution in [0.3, 0.4) is 0 Å². The Morgan fingerprint density at radius 2 is 1.82 bits per heavy atom. The van der Waals surface area contributed by atoms with Crippen molar-refractivity contribution >= 4 is 17.7 Å². The molecule has 214 valence electrons. The van der Waals surface area contributed by atoms with E-state index >= 15 is 0 Å². The minimum atomic E-state index is -1.28. The summed E-state index contributed by atoms with van der Waals surface area (Å²) in [6, 6.07) is 17.8.